The van der Waals surface area contributed by atoms with Crippen molar-refractivity contribution in [3.63, 3.8) is 0 Å². The molecule has 164 valence electrons. The van der Waals surface area contributed by atoms with Crippen molar-refractivity contribution in [2.24, 2.45) is 0 Å². The summed E-state index contributed by atoms with van der Waals surface area (Å²) in [6.07, 6.45) is 6.67. The number of thioether (sulfide) groups is 1. The highest BCUT2D eigenvalue weighted by Crippen LogP contribution is 2.39. The van der Waals surface area contributed by atoms with Crippen LogP contribution in [0.25, 0.3) is 0 Å². The number of rotatable bonds is 7. The van der Waals surface area contributed by atoms with Crippen molar-refractivity contribution in [3.8, 4) is 0 Å². The van der Waals surface area contributed by atoms with Crippen LogP contribution in [0.4, 0.5) is 10.1 Å². The van der Waals surface area contributed by atoms with E-state index in [1.165, 1.54) is 37.1 Å². The van der Waals surface area contributed by atoms with Gasteiger partial charge in [-0.25, -0.2) is 4.39 Å². The van der Waals surface area contributed by atoms with Gasteiger partial charge in [0, 0.05) is 34.2 Å². The van der Waals surface area contributed by atoms with Gasteiger partial charge in [-0.3, -0.25) is 4.79 Å². The minimum Gasteiger partial charge on any atom is -0.311 e. The molecule has 0 saturated carbocycles. The summed E-state index contributed by atoms with van der Waals surface area (Å²) in [6.45, 7) is 3.42. The molecule has 0 spiro atoms. The SMILES string of the molecule is CSc1ccc(Sc2ccccc2F)c(N(CCC2CCCCN2C)C(C)=O)c1.Cl. The zero-order valence-corrected chi connectivity index (χ0v) is 20.2. The number of hydrogen-bond acceptors (Lipinski definition) is 4. The molecule has 0 N–H and O–H groups in total. The fourth-order valence-corrected chi connectivity index (χ4v) is 5.19. The molecule has 1 unspecified atom stereocenters. The predicted octanol–water partition coefficient (Wildman–Crippen LogP) is 6.35. The molecule has 1 fully saturated rings. The molecule has 3 nitrogen and oxygen atoms in total. The third-order valence-corrected chi connectivity index (χ3v) is 7.34. The van der Waals surface area contributed by atoms with E-state index in [1.807, 2.05) is 29.4 Å². The van der Waals surface area contributed by atoms with Crippen LogP contribution in [0.15, 0.2) is 57.2 Å². The van der Waals surface area contributed by atoms with Gasteiger partial charge in [0.15, 0.2) is 0 Å². The van der Waals surface area contributed by atoms with Gasteiger partial charge in [-0.05, 0) is 69.4 Å². The Morgan fingerprint density at radius 1 is 1.20 bits per heavy atom. The van der Waals surface area contributed by atoms with Crippen molar-refractivity contribution in [2.75, 3.05) is 31.3 Å². The zero-order valence-electron chi connectivity index (χ0n) is 17.8. The van der Waals surface area contributed by atoms with Crippen LogP contribution >= 0.6 is 35.9 Å². The van der Waals surface area contributed by atoms with Crippen LogP contribution in [0.1, 0.15) is 32.6 Å². The summed E-state index contributed by atoms with van der Waals surface area (Å²) in [5.74, 6) is -0.215. The summed E-state index contributed by atoms with van der Waals surface area (Å²) in [7, 11) is 2.18. The van der Waals surface area contributed by atoms with E-state index in [2.05, 4.69) is 18.0 Å². The molecule has 0 aromatic heterocycles. The molecule has 0 aliphatic carbocycles. The normalized spacial score (nSPS) is 16.7. The van der Waals surface area contributed by atoms with Crippen molar-refractivity contribution >= 4 is 47.5 Å². The standard InChI is InChI=1S/C23H29FN2OS2.ClH/c1-17(27)26(15-13-18-8-6-7-14-25(18)2)21-16-19(28-3)11-12-23(21)29-22-10-5-4-9-20(22)24;/h4-5,9-12,16,18H,6-8,13-15H2,1-3H3;1H. The number of anilines is 1. The Hall–Kier alpha value is -1.21. The van der Waals surface area contributed by atoms with Gasteiger partial charge < -0.3 is 9.80 Å². The number of carbonyl (C=O) groups is 1. The second-order valence-electron chi connectivity index (χ2n) is 7.46. The number of amides is 1. The fourth-order valence-electron chi connectivity index (χ4n) is 3.80. The van der Waals surface area contributed by atoms with Crippen LogP contribution in [0.3, 0.4) is 0 Å². The maximum Gasteiger partial charge on any atom is 0.223 e. The summed E-state index contributed by atoms with van der Waals surface area (Å²) in [5, 5.41) is 0. The van der Waals surface area contributed by atoms with Crippen molar-refractivity contribution in [1.29, 1.82) is 0 Å². The van der Waals surface area contributed by atoms with Crippen molar-refractivity contribution in [2.45, 2.75) is 53.3 Å². The highest BCUT2D eigenvalue weighted by atomic mass is 35.5. The molecule has 7 heteroatoms. The number of hydrogen-bond donors (Lipinski definition) is 0. The first kappa shape index (κ1) is 25.1. The Kier molecular flexibility index (Phi) is 10.0. The van der Waals surface area contributed by atoms with E-state index in [1.54, 1.807) is 30.8 Å². The molecule has 30 heavy (non-hydrogen) atoms. The van der Waals surface area contributed by atoms with Crippen molar-refractivity contribution < 1.29 is 9.18 Å². The van der Waals surface area contributed by atoms with Crippen molar-refractivity contribution in [3.05, 3.63) is 48.3 Å². The Morgan fingerprint density at radius 3 is 2.63 bits per heavy atom. The highest BCUT2D eigenvalue weighted by Gasteiger charge is 2.23. The lowest BCUT2D eigenvalue weighted by Crippen LogP contribution is -2.40. The number of piperidine rings is 1. The summed E-state index contributed by atoms with van der Waals surface area (Å²) in [5.41, 5.74) is 0.871. The van der Waals surface area contributed by atoms with E-state index < -0.39 is 0 Å². The molecule has 1 amide bonds. The Bertz CT molecular complexity index is 852. The molecule has 1 saturated heterocycles. The van der Waals surface area contributed by atoms with Crippen LogP contribution in [0.5, 0.6) is 0 Å². The van der Waals surface area contributed by atoms with E-state index in [4.69, 9.17) is 0 Å². The van der Waals surface area contributed by atoms with Crippen LogP contribution in [-0.2, 0) is 4.79 Å². The number of likely N-dealkylation sites (tertiary alicyclic amines) is 1. The lowest BCUT2D eigenvalue weighted by Gasteiger charge is -2.34. The van der Waals surface area contributed by atoms with Crippen LogP contribution < -0.4 is 4.90 Å². The molecule has 2 aromatic rings. The Morgan fingerprint density at radius 2 is 1.97 bits per heavy atom. The van der Waals surface area contributed by atoms with Gasteiger partial charge >= 0.3 is 0 Å². The average Bonchev–Trinajstić information content (AvgIpc) is 2.71. The second kappa shape index (κ2) is 12.0. The Balaban J connectivity index is 0.00000320. The molecular weight excluding hydrogens is 439 g/mol. The minimum absolute atomic E-state index is 0. The van der Waals surface area contributed by atoms with Crippen LogP contribution in [-0.4, -0.2) is 43.2 Å². The summed E-state index contributed by atoms with van der Waals surface area (Å²) < 4.78 is 14.2. The van der Waals surface area contributed by atoms with E-state index in [0.717, 1.165) is 28.4 Å². The minimum atomic E-state index is -0.240. The maximum atomic E-state index is 14.2. The molecule has 1 aliphatic rings. The lowest BCUT2D eigenvalue weighted by atomic mass is 10.00. The van der Waals surface area contributed by atoms with Gasteiger partial charge in [0.2, 0.25) is 5.91 Å². The van der Waals surface area contributed by atoms with Crippen LogP contribution in [0, 0.1) is 5.82 Å². The molecule has 1 heterocycles. The van der Waals surface area contributed by atoms with Crippen molar-refractivity contribution in [1.82, 2.24) is 4.90 Å². The monoisotopic (exact) mass is 468 g/mol. The topological polar surface area (TPSA) is 23.6 Å². The van der Waals surface area contributed by atoms with Gasteiger partial charge in [0.1, 0.15) is 5.82 Å². The number of benzene rings is 2. The predicted molar refractivity (Wildman–Crippen MR) is 129 cm³/mol. The molecular formula is C23H30ClFN2OS2. The fraction of sp³-hybridized carbons (Fsp3) is 0.435. The summed E-state index contributed by atoms with van der Waals surface area (Å²) in [4.78, 5) is 19.4. The first-order valence-corrected chi connectivity index (χ1v) is 12.1. The highest BCUT2D eigenvalue weighted by molar-refractivity contribution is 7.99. The quantitative estimate of drug-likeness (QED) is 0.442. The molecule has 0 radical (unpaired) electrons. The van der Waals surface area contributed by atoms with Gasteiger partial charge in [0.25, 0.3) is 0 Å². The molecule has 1 aliphatic heterocycles. The average molecular weight is 469 g/mol. The first-order valence-electron chi connectivity index (χ1n) is 10.1. The van der Waals surface area contributed by atoms with Gasteiger partial charge in [-0.2, -0.15) is 0 Å². The van der Waals surface area contributed by atoms with E-state index in [0.29, 0.717) is 17.5 Å². The molecule has 0 bridgehead atoms. The molecule has 2 aromatic carbocycles. The molecule has 1 atom stereocenters. The lowest BCUT2D eigenvalue weighted by molar-refractivity contribution is -0.116. The van der Waals surface area contributed by atoms with E-state index in [-0.39, 0.29) is 24.1 Å². The van der Waals surface area contributed by atoms with Gasteiger partial charge in [-0.15, -0.1) is 24.2 Å². The molecule has 3 rings (SSSR count). The third-order valence-electron chi connectivity index (χ3n) is 5.50. The van der Waals surface area contributed by atoms with Crippen LogP contribution in [0.2, 0.25) is 0 Å². The summed E-state index contributed by atoms with van der Waals surface area (Å²) in [6, 6.07) is 13.4. The third kappa shape index (κ3) is 6.39. The first-order chi connectivity index (χ1) is 14.0. The Labute approximate surface area is 194 Å². The van der Waals surface area contributed by atoms with Gasteiger partial charge in [0.05, 0.1) is 5.69 Å². The zero-order chi connectivity index (χ0) is 20.8. The second-order valence-corrected chi connectivity index (χ2v) is 9.42. The largest absolute Gasteiger partial charge is 0.311 e. The van der Waals surface area contributed by atoms with E-state index in [9.17, 15) is 9.18 Å². The van der Waals surface area contributed by atoms with Gasteiger partial charge in [-0.1, -0.05) is 30.3 Å². The number of halogens is 2. The maximum absolute atomic E-state index is 14.2. The number of nitrogens with zero attached hydrogens (tertiary/aromatic N) is 2. The van der Waals surface area contributed by atoms with E-state index >= 15 is 0 Å². The smallest absolute Gasteiger partial charge is 0.223 e. The summed E-state index contributed by atoms with van der Waals surface area (Å²) >= 11 is 3.03. The number of carbonyl (C=O) groups excluding carboxylic acids is 1.